The van der Waals surface area contributed by atoms with Crippen LogP contribution in [0, 0.1) is 17.7 Å². The molecule has 110 valence electrons. The lowest BCUT2D eigenvalue weighted by Gasteiger charge is -2.28. The molecular formula is C16H22FNO2. The molecule has 3 nitrogen and oxygen atoms in total. The minimum Gasteiger partial charge on any atom is -0.389 e. The van der Waals surface area contributed by atoms with E-state index in [0.717, 1.165) is 12.1 Å². The van der Waals surface area contributed by atoms with Crippen molar-refractivity contribution in [3.63, 3.8) is 0 Å². The monoisotopic (exact) mass is 279 g/mol. The lowest BCUT2D eigenvalue weighted by molar-refractivity contribution is 0.0353. The molecule has 0 saturated carbocycles. The molecule has 4 heteroatoms. The van der Waals surface area contributed by atoms with Crippen LogP contribution < -0.4 is 0 Å². The highest BCUT2D eigenvalue weighted by molar-refractivity contribution is 5.38. The van der Waals surface area contributed by atoms with Crippen LogP contribution in [0.5, 0.6) is 0 Å². The molecule has 20 heavy (non-hydrogen) atoms. The first-order chi connectivity index (χ1) is 9.35. The Labute approximate surface area is 120 Å². The van der Waals surface area contributed by atoms with E-state index in [1.54, 1.807) is 26.0 Å². The van der Waals surface area contributed by atoms with Crippen molar-refractivity contribution in [2.75, 3.05) is 19.7 Å². The fraction of sp³-hybridized carbons (Fsp3) is 0.500. The molecule has 0 amide bonds. The quantitative estimate of drug-likeness (QED) is 0.807. The van der Waals surface area contributed by atoms with Crippen LogP contribution >= 0.6 is 0 Å². The summed E-state index contributed by atoms with van der Waals surface area (Å²) in [4.78, 5) is 2.08. The van der Waals surface area contributed by atoms with Gasteiger partial charge in [0.25, 0.3) is 0 Å². The van der Waals surface area contributed by atoms with Gasteiger partial charge in [0.15, 0.2) is 0 Å². The Bertz CT molecular complexity index is 497. The van der Waals surface area contributed by atoms with Crippen molar-refractivity contribution < 1.29 is 14.6 Å². The minimum absolute atomic E-state index is 0.288. The normalized spacial score (nSPS) is 11.3. The predicted molar refractivity (Wildman–Crippen MR) is 77.6 cm³/mol. The van der Waals surface area contributed by atoms with E-state index in [-0.39, 0.29) is 18.0 Å². The van der Waals surface area contributed by atoms with Crippen LogP contribution in [0.2, 0.25) is 0 Å². The average Bonchev–Trinajstić information content (AvgIpc) is 2.37. The maximum absolute atomic E-state index is 13.5. The van der Waals surface area contributed by atoms with Gasteiger partial charge < -0.3 is 10.2 Å². The van der Waals surface area contributed by atoms with Crippen LogP contribution in [0.25, 0.3) is 0 Å². The highest BCUT2D eigenvalue weighted by Crippen LogP contribution is 2.13. The number of aliphatic hydroxyl groups excluding tert-OH is 1. The molecule has 0 spiro atoms. The summed E-state index contributed by atoms with van der Waals surface area (Å²) >= 11 is 0. The Morgan fingerprint density at radius 3 is 2.60 bits per heavy atom. The van der Waals surface area contributed by atoms with Crippen LogP contribution in [0.1, 0.15) is 31.9 Å². The van der Waals surface area contributed by atoms with Gasteiger partial charge in [0.2, 0.25) is 0 Å². The molecule has 0 fully saturated rings. The Kier molecular flexibility index (Phi) is 6.15. The zero-order valence-electron chi connectivity index (χ0n) is 12.3. The predicted octanol–water partition coefficient (Wildman–Crippen LogP) is 1.76. The van der Waals surface area contributed by atoms with Crippen molar-refractivity contribution in [3.8, 4) is 11.8 Å². The van der Waals surface area contributed by atoms with Gasteiger partial charge in [0.1, 0.15) is 12.4 Å². The van der Waals surface area contributed by atoms with E-state index in [1.165, 1.54) is 6.07 Å². The van der Waals surface area contributed by atoms with E-state index in [1.807, 2.05) is 6.92 Å². The first kappa shape index (κ1) is 16.6. The number of rotatable bonds is 5. The van der Waals surface area contributed by atoms with E-state index >= 15 is 0 Å². The van der Waals surface area contributed by atoms with E-state index in [4.69, 9.17) is 5.11 Å². The number of nitrogens with zero attached hydrogens (tertiary/aromatic N) is 1. The standard InChI is InChI=1S/C16H22FNO2/c1-4-18(12-16(2,3)20)11-13-7-8-15(17)14(10-13)6-5-9-19/h7-8,10,19-20H,4,9,11-12H2,1-3H3. The van der Waals surface area contributed by atoms with Crippen molar-refractivity contribution in [2.24, 2.45) is 0 Å². The summed E-state index contributed by atoms with van der Waals surface area (Å²) in [6.45, 7) is 7.20. The molecule has 0 aromatic heterocycles. The third-order valence-electron chi connectivity index (χ3n) is 2.80. The highest BCUT2D eigenvalue weighted by Gasteiger charge is 2.17. The van der Waals surface area contributed by atoms with Crippen molar-refractivity contribution in [3.05, 3.63) is 35.1 Å². The molecule has 0 heterocycles. The first-order valence-electron chi connectivity index (χ1n) is 6.68. The summed E-state index contributed by atoms with van der Waals surface area (Å²) < 4.78 is 13.5. The molecule has 0 unspecified atom stereocenters. The van der Waals surface area contributed by atoms with Gasteiger partial charge in [-0.1, -0.05) is 24.8 Å². The number of benzene rings is 1. The fourth-order valence-electron chi connectivity index (χ4n) is 1.99. The molecule has 0 aliphatic heterocycles. The lowest BCUT2D eigenvalue weighted by Crippen LogP contribution is -2.38. The molecule has 0 radical (unpaired) electrons. The third-order valence-corrected chi connectivity index (χ3v) is 2.80. The van der Waals surface area contributed by atoms with Crippen molar-refractivity contribution in [1.82, 2.24) is 4.90 Å². The van der Waals surface area contributed by atoms with Crippen LogP contribution in [0.3, 0.4) is 0 Å². The summed E-state index contributed by atoms with van der Waals surface area (Å²) in [5, 5.41) is 18.5. The van der Waals surface area contributed by atoms with Crippen LogP contribution in [-0.4, -0.2) is 40.4 Å². The summed E-state index contributed by atoms with van der Waals surface area (Å²) in [6.07, 6.45) is 0. The zero-order valence-corrected chi connectivity index (χ0v) is 12.3. The first-order valence-corrected chi connectivity index (χ1v) is 6.68. The SMILES string of the molecule is CCN(Cc1ccc(F)c(C#CCO)c1)CC(C)(C)O. The molecule has 0 aliphatic rings. The Balaban J connectivity index is 2.86. The molecular weight excluding hydrogens is 257 g/mol. The minimum atomic E-state index is -0.768. The molecule has 0 bridgehead atoms. The molecule has 0 atom stereocenters. The van der Waals surface area contributed by atoms with Gasteiger partial charge >= 0.3 is 0 Å². The molecule has 2 N–H and O–H groups in total. The fourth-order valence-corrected chi connectivity index (χ4v) is 1.99. The maximum Gasteiger partial charge on any atom is 0.138 e. The van der Waals surface area contributed by atoms with E-state index in [0.29, 0.717) is 13.1 Å². The van der Waals surface area contributed by atoms with E-state index in [2.05, 4.69) is 16.7 Å². The second kappa shape index (κ2) is 7.39. The van der Waals surface area contributed by atoms with Crippen molar-refractivity contribution in [2.45, 2.75) is 32.9 Å². The van der Waals surface area contributed by atoms with E-state index < -0.39 is 5.60 Å². The molecule has 1 aromatic carbocycles. The number of hydrogen-bond donors (Lipinski definition) is 2. The lowest BCUT2D eigenvalue weighted by atomic mass is 10.1. The second-order valence-electron chi connectivity index (χ2n) is 5.39. The molecule has 1 rings (SSSR count). The van der Waals surface area contributed by atoms with Gasteiger partial charge in [-0.25, -0.2) is 4.39 Å². The Hall–Kier alpha value is -1.41. The molecule has 0 saturated heterocycles. The molecule has 0 aliphatic carbocycles. The van der Waals surface area contributed by atoms with Crippen LogP contribution in [-0.2, 0) is 6.54 Å². The average molecular weight is 279 g/mol. The number of hydrogen-bond acceptors (Lipinski definition) is 3. The topological polar surface area (TPSA) is 43.7 Å². The summed E-state index contributed by atoms with van der Waals surface area (Å²) in [5.74, 6) is 4.66. The Morgan fingerprint density at radius 2 is 2.05 bits per heavy atom. The van der Waals surface area contributed by atoms with Crippen molar-refractivity contribution >= 4 is 0 Å². The maximum atomic E-state index is 13.5. The van der Waals surface area contributed by atoms with Crippen LogP contribution in [0.4, 0.5) is 4.39 Å². The van der Waals surface area contributed by atoms with Crippen LogP contribution in [0.15, 0.2) is 18.2 Å². The number of likely N-dealkylation sites (N-methyl/N-ethyl adjacent to an activating group) is 1. The highest BCUT2D eigenvalue weighted by atomic mass is 19.1. The number of halogens is 1. The summed E-state index contributed by atoms with van der Waals surface area (Å²) in [6, 6.07) is 4.78. The van der Waals surface area contributed by atoms with Crippen molar-refractivity contribution in [1.29, 1.82) is 0 Å². The van der Waals surface area contributed by atoms with Gasteiger partial charge in [-0.05, 0) is 38.1 Å². The van der Waals surface area contributed by atoms with E-state index in [9.17, 15) is 9.50 Å². The van der Waals surface area contributed by atoms with Gasteiger partial charge in [-0.15, -0.1) is 0 Å². The van der Waals surface area contributed by atoms with Gasteiger partial charge in [-0.3, -0.25) is 4.90 Å². The van der Waals surface area contributed by atoms with Gasteiger partial charge in [0, 0.05) is 13.1 Å². The summed E-state index contributed by atoms with van der Waals surface area (Å²) in [5.41, 5.74) is 0.450. The second-order valence-corrected chi connectivity index (χ2v) is 5.39. The number of aliphatic hydroxyl groups is 2. The largest absolute Gasteiger partial charge is 0.389 e. The summed E-state index contributed by atoms with van der Waals surface area (Å²) in [7, 11) is 0. The zero-order chi connectivity index (χ0) is 15.2. The smallest absolute Gasteiger partial charge is 0.138 e. The third kappa shape index (κ3) is 5.70. The Morgan fingerprint density at radius 1 is 1.35 bits per heavy atom. The van der Waals surface area contributed by atoms with Gasteiger partial charge in [-0.2, -0.15) is 0 Å². The van der Waals surface area contributed by atoms with Gasteiger partial charge in [0.05, 0.1) is 11.2 Å². The molecule has 1 aromatic rings.